The molecule has 1 heterocycles. The van der Waals surface area contributed by atoms with Crippen LogP contribution >= 0.6 is 15.9 Å². The van der Waals surface area contributed by atoms with Gasteiger partial charge in [-0.05, 0) is 42.3 Å². The Morgan fingerprint density at radius 1 is 0.950 bits per heavy atom. The summed E-state index contributed by atoms with van der Waals surface area (Å²) in [7, 11) is 0. The van der Waals surface area contributed by atoms with Crippen molar-refractivity contribution < 1.29 is 0 Å². The zero-order valence-corrected chi connectivity index (χ0v) is 12.8. The van der Waals surface area contributed by atoms with Crippen molar-refractivity contribution in [1.29, 1.82) is 0 Å². The molecule has 3 rings (SSSR count). The largest absolute Gasteiger partial charge is 0.385 e. The molecule has 2 aromatic carbocycles. The highest BCUT2D eigenvalue weighted by Gasteiger charge is 2.13. The van der Waals surface area contributed by atoms with E-state index in [2.05, 4.69) is 51.7 Å². The van der Waals surface area contributed by atoms with E-state index in [0.717, 1.165) is 21.7 Å². The van der Waals surface area contributed by atoms with Crippen LogP contribution < -0.4 is 5.73 Å². The second kappa shape index (κ2) is 5.17. The van der Waals surface area contributed by atoms with Gasteiger partial charge in [0.15, 0.2) is 0 Å². The summed E-state index contributed by atoms with van der Waals surface area (Å²) in [5.41, 5.74) is 10.8. The van der Waals surface area contributed by atoms with E-state index in [1.54, 1.807) is 0 Å². The highest BCUT2D eigenvalue weighted by Crippen LogP contribution is 2.32. The quantitative estimate of drug-likeness (QED) is 0.720. The van der Waals surface area contributed by atoms with Crippen molar-refractivity contribution in [2.75, 3.05) is 5.73 Å². The van der Waals surface area contributed by atoms with Crippen LogP contribution in [0.25, 0.3) is 16.9 Å². The molecule has 20 heavy (non-hydrogen) atoms. The molecule has 2 N–H and O–H groups in total. The summed E-state index contributed by atoms with van der Waals surface area (Å²) in [5.74, 6) is 0.749. The lowest BCUT2D eigenvalue weighted by molar-refractivity contribution is 1.09. The number of aromatic nitrogens is 1. The van der Waals surface area contributed by atoms with Crippen LogP contribution in [0.3, 0.4) is 0 Å². The predicted molar refractivity (Wildman–Crippen MR) is 88.1 cm³/mol. The molecular weight excluding hydrogens is 312 g/mol. The number of rotatable bonds is 2. The van der Waals surface area contributed by atoms with E-state index in [1.807, 2.05) is 36.4 Å². The summed E-state index contributed by atoms with van der Waals surface area (Å²) in [5, 5.41) is 0. The van der Waals surface area contributed by atoms with Crippen molar-refractivity contribution in [2.45, 2.75) is 6.92 Å². The van der Waals surface area contributed by atoms with Gasteiger partial charge in [-0.1, -0.05) is 52.3 Å². The van der Waals surface area contributed by atoms with Gasteiger partial charge in [0.05, 0.1) is 5.69 Å². The van der Waals surface area contributed by atoms with E-state index < -0.39 is 0 Å². The number of nitrogens with two attached hydrogens (primary N) is 1. The first-order valence-electron chi connectivity index (χ1n) is 6.46. The number of aryl methyl sites for hydroxylation is 1. The Kier molecular flexibility index (Phi) is 3.36. The van der Waals surface area contributed by atoms with Crippen molar-refractivity contribution in [1.82, 2.24) is 4.57 Å². The average molecular weight is 327 g/mol. The van der Waals surface area contributed by atoms with E-state index in [0.29, 0.717) is 0 Å². The minimum Gasteiger partial charge on any atom is -0.385 e. The molecule has 100 valence electrons. The average Bonchev–Trinajstić information content (AvgIpc) is 2.74. The van der Waals surface area contributed by atoms with E-state index in [9.17, 15) is 0 Å². The maximum atomic E-state index is 6.21. The predicted octanol–water partition coefficient (Wildman–Crippen LogP) is 4.80. The summed E-state index contributed by atoms with van der Waals surface area (Å²) in [6.45, 7) is 2.09. The molecule has 0 amide bonds. The van der Waals surface area contributed by atoms with Crippen LogP contribution in [-0.2, 0) is 0 Å². The fourth-order valence-corrected chi connectivity index (χ4v) is 2.89. The first kappa shape index (κ1) is 13.0. The molecule has 3 heteroatoms. The van der Waals surface area contributed by atoms with E-state index in [1.165, 1.54) is 11.1 Å². The molecule has 0 saturated heterocycles. The molecule has 0 atom stereocenters. The monoisotopic (exact) mass is 326 g/mol. The van der Waals surface area contributed by atoms with Gasteiger partial charge in [-0.25, -0.2) is 0 Å². The van der Waals surface area contributed by atoms with Crippen molar-refractivity contribution in [2.24, 2.45) is 0 Å². The lowest BCUT2D eigenvalue weighted by Crippen LogP contribution is -2.01. The Morgan fingerprint density at radius 3 is 2.40 bits per heavy atom. The van der Waals surface area contributed by atoms with E-state index >= 15 is 0 Å². The Morgan fingerprint density at radius 2 is 1.70 bits per heavy atom. The number of halogens is 1. The van der Waals surface area contributed by atoms with Crippen molar-refractivity contribution in [3.63, 3.8) is 0 Å². The van der Waals surface area contributed by atoms with Gasteiger partial charge in [0.25, 0.3) is 0 Å². The smallest absolute Gasteiger partial charge is 0.108 e. The van der Waals surface area contributed by atoms with Crippen LogP contribution in [0.4, 0.5) is 5.82 Å². The SMILES string of the molecule is Cc1cc(N)n(-c2cccc(Br)c2)c1-c1ccccc1. The van der Waals surface area contributed by atoms with Crippen LogP contribution in [0.5, 0.6) is 0 Å². The molecular formula is C17H15BrN2. The van der Waals surface area contributed by atoms with E-state index in [-0.39, 0.29) is 0 Å². The Hall–Kier alpha value is -2.00. The van der Waals surface area contributed by atoms with Gasteiger partial charge in [-0.3, -0.25) is 4.57 Å². The fourth-order valence-electron chi connectivity index (χ4n) is 2.51. The molecule has 0 bridgehead atoms. The van der Waals surface area contributed by atoms with Crippen LogP contribution in [0.1, 0.15) is 5.56 Å². The minimum atomic E-state index is 0.749. The van der Waals surface area contributed by atoms with Crippen molar-refractivity contribution in [3.8, 4) is 16.9 Å². The summed E-state index contributed by atoms with van der Waals surface area (Å²) < 4.78 is 3.13. The van der Waals surface area contributed by atoms with Crippen molar-refractivity contribution >= 4 is 21.7 Å². The third-order valence-electron chi connectivity index (χ3n) is 3.33. The van der Waals surface area contributed by atoms with Crippen molar-refractivity contribution in [3.05, 3.63) is 70.7 Å². The molecule has 0 saturated carbocycles. The molecule has 0 aliphatic heterocycles. The lowest BCUT2D eigenvalue weighted by atomic mass is 10.1. The Balaban J connectivity index is 2.26. The van der Waals surface area contributed by atoms with Gasteiger partial charge in [-0.2, -0.15) is 0 Å². The number of benzene rings is 2. The number of anilines is 1. The number of nitrogens with zero attached hydrogens (tertiary/aromatic N) is 1. The molecule has 3 aromatic rings. The molecule has 0 aliphatic carbocycles. The normalized spacial score (nSPS) is 10.7. The van der Waals surface area contributed by atoms with Gasteiger partial charge in [-0.15, -0.1) is 0 Å². The molecule has 0 unspecified atom stereocenters. The van der Waals surface area contributed by atoms with Crippen LogP contribution in [0, 0.1) is 6.92 Å². The van der Waals surface area contributed by atoms with Crippen LogP contribution in [-0.4, -0.2) is 4.57 Å². The van der Waals surface area contributed by atoms with E-state index in [4.69, 9.17) is 5.73 Å². The summed E-state index contributed by atoms with van der Waals surface area (Å²) in [4.78, 5) is 0. The van der Waals surface area contributed by atoms with Gasteiger partial charge >= 0.3 is 0 Å². The first-order chi connectivity index (χ1) is 9.66. The highest BCUT2D eigenvalue weighted by molar-refractivity contribution is 9.10. The third kappa shape index (κ3) is 2.25. The summed E-state index contributed by atoms with van der Waals surface area (Å²) >= 11 is 3.52. The zero-order valence-electron chi connectivity index (χ0n) is 11.2. The molecule has 1 aromatic heterocycles. The second-order valence-electron chi connectivity index (χ2n) is 4.78. The Labute approximate surface area is 127 Å². The topological polar surface area (TPSA) is 30.9 Å². The maximum Gasteiger partial charge on any atom is 0.108 e. The van der Waals surface area contributed by atoms with Crippen LogP contribution in [0.2, 0.25) is 0 Å². The molecule has 2 nitrogen and oxygen atoms in total. The van der Waals surface area contributed by atoms with Crippen LogP contribution in [0.15, 0.2) is 65.1 Å². The molecule has 0 spiro atoms. The maximum absolute atomic E-state index is 6.21. The first-order valence-corrected chi connectivity index (χ1v) is 7.25. The molecule has 0 radical (unpaired) electrons. The number of nitrogen functional groups attached to an aromatic ring is 1. The summed E-state index contributed by atoms with van der Waals surface area (Å²) in [6.07, 6.45) is 0. The summed E-state index contributed by atoms with van der Waals surface area (Å²) in [6, 6.07) is 20.5. The Bertz CT molecular complexity index is 745. The molecule has 0 fully saturated rings. The lowest BCUT2D eigenvalue weighted by Gasteiger charge is -2.13. The van der Waals surface area contributed by atoms with Gasteiger partial charge in [0.1, 0.15) is 5.82 Å². The van der Waals surface area contributed by atoms with Gasteiger partial charge < -0.3 is 5.73 Å². The highest BCUT2D eigenvalue weighted by atomic mass is 79.9. The molecule has 0 aliphatic rings. The second-order valence-corrected chi connectivity index (χ2v) is 5.70. The fraction of sp³-hybridized carbons (Fsp3) is 0.0588. The standard InChI is InChI=1S/C17H15BrN2/c1-12-10-16(19)20(15-9-5-8-14(18)11-15)17(12)13-6-3-2-4-7-13/h2-11H,19H2,1H3. The number of hydrogen-bond donors (Lipinski definition) is 1. The number of hydrogen-bond acceptors (Lipinski definition) is 1. The minimum absolute atomic E-state index is 0.749. The van der Waals surface area contributed by atoms with Gasteiger partial charge in [0.2, 0.25) is 0 Å². The van der Waals surface area contributed by atoms with Gasteiger partial charge in [0, 0.05) is 10.2 Å². The zero-order chi connectivity index (χ0) is 14.1. The third-order valence-corrected chi connectivity index (χ3v) is 3.83.